The molecule has 21 heavy (non-hydrogen) atoms. The molecule has 0 aliphatic heterocycles. The smallest absolute Gasteiger partial charge is 0.406 e. The van der Waals surface area contributed by atoms with Crippen molar-refractivity contribution < 1.29 is 27.8 Å². The molecule has 0 bridgehead atoms. The lowest BCUT2D eigenvalue weighted by Gasteiger charge is -2.11. The zero-order chi connectivity index (χ0) is 15.2. The summed E-state index contributed by atoms with van der Waals surface area (Å²) in [5, 5.41) is 11.1. The molecule has 0 saturated heterocycles. The van der Waals surface area contributed by atoms with Crippen molar-refractivity contribution in [3.05, 3.63) is 29.8 Å². The fraction of sp³-hybridized carbons (Fsp3) is 0.417. The molecule has 1 aromatic rings. The van der Waals surface area contributed by atoms with E-state index in [1.54, 1.807) is 6.07 Å². The second kappa shape index (κ2) is 8.71. The molecular formula is C12H16ClF3N2O3. The quantitative estimate of drug-likeness (QED) is 0.727. The van der Waals surface area contributed by atoms with Crippen molar-refractivity contribution in [1.29, 1.82) is 0 Å². The van der Waals surface area contributed by atoms with Crippen molar-refractivity contribution in [3.63, 3.8) is 0 Å². The number of rotatable bonds is 6. The van der Waals surface area contributed by atoms with Crippen molar-refractivity contribution in [2.45, 2.75) is 18.8 Å². The summed E-state index contributed by atoms with van der Waals surface area (Å²) in [7, 11) is 0. The number of hydrogen-bond donors (Lipinski definition) is 3. The molecule has 1 atom stereocenters. The molecule has 0 aliphatic carbocycles. The standard InChI is InChI=1S/C12H15F3N2O3.ClH/c13-12(14,15)20-9-3-1-2-8(6-9)4-5-17-11(19)10(16)7-18;/h1-3,6,10,18H,4-5,7,16H2,(H,17,19);1H/t10-;/m1./s1. The molecule has 1 rings (SSSR count). The predicted molar refractivity (Wildman–Crippen MR) is 72.1 cm³/mol. The van der Waals surface area contributed by atoms with E-state index in [9.17, 15) is 18.0 Å². The molecule has 0 unspecified atom stereocenters. The first-order valence-corrected chi connectivity index (χ1v) is 5.80. The fourth-order valence-corrected chi connectivity index (χ4v) is 1.44. The maximum atomic E-state index is 12.0. The molecule has 0 heterocycles. The van der Waals surface area contributed by atoms with Gasteiger partial charge < -0.3 is 20.9 Å². The predicted octanol–water partition coefficient (Wildman–Crippen LogP) is 0.985. The number of ether oxygens (including phenoxy) is 1. The third kappa shape index (κ3) is 7.74. The number of carbonyl (C=O) groups excluding carboxylic acids is 1. The second-order valence-corrected chi connectivity index (χ2v) is 4.03. The Labute approximate surface area is 125 Å². The minimum Gasteiger partial charge on any atom is -0.406 e. The molecule has 120 valence electrons. The van der Waals surface area contributed by atoms with Crippen LogP contribution in [0.15, 0.2) is 24.3 Å². The van der Waals surface area contributed by atoms with E-state index in [-0.39, 0.29) is 24.7 Å². The average molecular weight is 329 g/mol. The van der Waals surface area contributed by atoms with E-state index >= 15 is 0 Å². The molecule has 0 aromatic heterocycles. The molecule has 4 N–H and O–H groups in total. The maximum Gasteiger partial charge on any atom is 0.573 e. The molecule has 0 radical (unpaired) electrons. The van der Waals surface area contributed by atoms with E-state index in [4.69, 9.17) is 10.8 Å². The molecule has 0 spiro atoms. The highest BCUT2D eigenvalue weighted by Gasteiger charge is 2.31. The topological polar surface area (TPSA) is 84.6 Å². The third-order valence-corrected chi connectivity index (χ3v) is 2.38. The number of benzene rings is 1. The summed E-state index contributed by atoms with van der Waals surface area (Å²) in [5.74, 6) is -0.830. The number of alkyl halides is 3. The van der Waals surface area contributed by atoms with Gasteiger partial charge in [-0.2, -0.15) is 0 Å². The summed E-state index contributed by atoms with van der Waals surface area (Å²) in [5.41, 5.74) is 5.86. The molecule has 5 nitrogen and oxygen atoms in total. The number of aliphatic hydroxyl groups is 1. The van der Waals surface area contributed by atoms with Crippen LogP contribution in [0, 0.1) is 0 Å². The Bertz CT molecular complexity index is 458. The van der Waals surface area contributed by atoms with Crippen LogP contribution in [-0.4, -0.2) is 36.6 Å². The Morgan fingerprint density at radius 1 is 1.43 bits per heavy atom. The van der Waals surface area contributed by atoms with Crippen LogP contribution in [0.5, 0.6) is 5.75 Å². The van der Waals surface area contributed by atoms with Crippen LogP contribution in [-0.2, 0) is 11.2 Å². The number of nitrogens with one attached hydrogen (secondary N) is 1. The molecule has 9 heteroatoms. The molecule has 0 fully saturated rings. The Morgan fingerprint density at radius 3 is 2.67 bits per heavy atom. The van der Waals surface area contributed by atoms with E-state index < -0.39 is 24.9 Å². The SMILES string of the molecule is Cl.N[C@H](CO)C(=O)NCCc1cccc(OC(F)(F)F)c1. The Kier molecular flexibility index (Phi) is 8.08. The number of carbonyl (C=O) groups is 1. The van der Waals surface area contributed by atoms with Gasteiger partial charge in [-0.25, -0.2) is 0 Å². The van der Waals surface area contributed by atoms with Gasteiger partial charge in [-0.1, -0.05) is 12.1 Å². The van der Waals surface area contributed by atoms with Crippen LogP contribution in [0.25, 0.3) is 0 Å². The summed E-state index contributed by atoms with van der Waals surface area (Å²) in [6.07, 6.45) is -4.42. The molecule has 0 saturated carbocycles. The van der Waals surface area contributed by atoms with Crippen LogP contribution in [0.2, 0.25) is 0 Å². The van der Waals surface area contributed by atoms with Crippen molar-refractivity contribution >= 4 is 18.3 Å². The summed E-state index contributed by atoms with van der Waals surface area (Å²) < 4.78 is 39.9. The molecule has 1 aromatic carbocycles. The maximum absolute atomic E-state index is 12.0. The molecular weight excluding hydrogens is 313 g/mol. The molecule has 1 amide bonds. The van der Waals surface area contributed by atoms with E-state index in [2.05, 4.69) is 10.1 Å². The van der Waals surface area contributed by atoms with Gasteiger partial charge in [-0.3, -0.25) is 4.79 Å². The highest BCUT2D eigenvalue weighted by molar-refractivity contribution is 5.85. The highest BCUT2D eigenvalue weighted by atomic mass is 35.5. The lowest BCUT2D eigenvalue weighted by atomic mass is 10.1. The lowest BCUT2D eigenvalue weighted by molar-refractivity contribution is -0.274. The third-order valence-electron chi connectivity index (χ3n) is 2.38. The van der Waals surface area contributed by atoms with Gasteiger partial charge in [0.05, 0.1) is 6.61 Å². The summed E-state index contributed by atoms with van der Waals surface area (Å²) >= 11 is 0. The van der Waals surface area contributed by atoms with Crippen molar-refractivity contribution in [2.24, 2.45) is 5.73 Å². The second-order valence-electron chi connectivity index (χ2n) is 4.03. The number of hydrogen-bond acceptors (Lipinski definition) is 4. The van der Waals surface area contributed by atoms with Gasteiger partial charge in [-0.05, 0) is 24.1 Å². The number of nitrogens with two attached hydrogens (primary N) is 1. The number of halogens is 4. The Hall–Kier alpha value is -1.51. The number of amides is 1. The van der Waals surface area contributed by atoms with Crippen molar-refractivity contribution in [3.8, 4) is 5.75 Å². The Morgan fingerprint density at radius 2 is 2.10 bits per heavy atom. The summed E-state index contributed by atoms with van der Waals surface area (Å²) in [4.78, 5) is 11.2. The number of aliphatic hydroxyl groups excluding tert-OH is 1. The first kappa shape index (κ1) is 19.5. The van der Waals surface area contributed by atoms with E-state index in [1.807, 2.05) is 0 Å². The van der Waals surface area contributed by atoms with E-state index in [0.29, 0.717) is 12.0 Å². The van der Waals surface area contributed by atoms with Gasteiger partial charge in [-0.15, -0.1) is 25.6 Å². The average Bonchev–Trinajstić information content (AvgIpc) is 2.36. The fourth-order valence-electron chi connectivity index (χ4n) is 1.44. The summed E-state index contributed by atoms with van der Waals surface area (Å²) in [6.45, 7) is -0.275. The first-order chi connectivity index (χ1) is 9.31. The highest BCUT2D eigenvalue weighted by Crippen LogP contribution is 2.23. The Balaban J connectivity index is 0.00000400. The van der Waals surface area contributed by atoms with Gasteiger partial charge in [0.2, 0.25) is 5.91 Å². The lowest BCUT2D eigenvalue weighted by Crippen LogP contribution is -2.43. The van der Waals surface area contributed by atoms with Gasteiger partial charge in [0.25, 0.3) is 0 Å². The molecule has 0 aliphatic rings. The zero-order valence-electron chi connectivity index (χ0n) is 10.9. The van der Waals surface area contributed by atoms with Crippen LogP contribution in [0.1, 0.15) is 5.56 Å². The zero-order valence-corrected chi connectivity index (χ0v) is 11.7. The van der Waals surface area contributed by atoms with E-state index in [0.717, 1.165) is 0 Å². The van der Waals surface area contributed by atoms with Crippen molar-refractivity contribution in [2.75, 3.05) is 13.2 Å². The van der Waals surface area contributed by atoms with Crippen LogP contribution >= 0.6 is 12.4 Å². The van der Waals surface area contributed by atoms with Gasteiger partial charge >= 0.3 is 6.36 Å². The van der Waals surface area contributed by atoms with E-state index in [1.165, 1.54) is 18.2 Å². The van der Waals surface area contributed by atoms with Gasteiger partial charge in [0, 0.05) is 6.54 Å². The van der Waals surface area contributed by atoms with Crippen molar-refractivity contribution in [1.82, 2.24) is 5.32 Å². The van der Waals surface area contributed by atoms with Crippen LogP contribution in [0.3, 0.4) is 0 Å². The van der Waals surface area contributed by atoms with Crippen LogP contribution in [0.4, 0.5) is 13.2 Å². The minimum absolute atomic E-state index is 0. The van der Waals surface area contributed by atoms with Crippen LogP contribution < -0.4 is 15.8 Å². The van der Waals surface area contributed by atoms with Gasteiger partial charge in [0.1, 0.15) is 11.8 Å². The normalized spacial score (nSPS) is 12.2. The first-order valence-electron chi connectivity index (χ1n) is 5.80. The minimum atomic E-state index is -4.74. The largest absolute Gasteiger partial charge is 0.573 e. The van der Waals surface area contributed by atoms with Gasteiger partial charge in [0.15, 0.2) is 0 Å². The monoisotopic (exact) mass is 328 g/mol. The summed E-state index contributed by atoms with van der Waals surface area (Å²) in [6, 6.07) is 4.47.